The third-order valence-corrected chi connectivity index (χ3v) is 5.75. The monoisotopic (exact) mass is 206 g/mol. The van der Waals surface area contributed by atoms with E-state index < -0.39 is 7.14 Å². The van der Waals surface area contributed by atoms with Crippen LogP contribution in [0.25, 0.3) is 0 Å². The molecule has 0 spiro atoms. The maximum absolute atomic E-state index is 11.9. The van der Waals surface area contributed by atoms with Crippen molar-refractivity contribution in [2.75, 3.05) is 25.1 Å². The molecular formula is C10H23O2P. The molecule has 0 rings (SSSR count). The van der Waals surface area contributed by atoms with Crippen LogP contribution in [-0.2, 0) is 9.30 Å². The van der Waals surface area contributed by atoms with Crippen LogP contribution in [0.15, 0.2) is 0 Å². The second kappa shape index (κ2) is 6.62. The van der Waals surface area contributed by atoms with Gasteiger partial charge in [0.15, 0.2) is 0 Å². The molecule has 0 aliphatic rings. The summed E-state index contributed by atoms with van der Waals surface area (Å²) in [6.07, 6.45) is 3.77. The first-order valence-corrected chi connectivity index (χ1v) is 7.49. The standard InChI is InChI=1S/C10H23O2P/c1-5-13(11,6-2)9-7-8-12-10(3)4/h10H,5-9H2,1-4H3. The van der Waals surface area contributed by atoms with Gasteiger partial charge in [0.1, 0.15) is 0 Å². The summed E-state index contributed by atoms with van der Waals surface area (Å²) in [6.45, 7) is 8.85. The first-order chi connectivity index (χ1) is 6.04. The Morgan fingerprint density at radius 1 is 1.23 bits per heavy atom. The Bertz CT molecular complexity index is 158. The van der Waals surface area contributed by atoms with Crippen LogP contribution in [0.2, 0.25) is 0 Å². The Morgan fingerprint density at radius 2 is 1.77 bits per heavy atom. The van der Waals surface area contributed by atoms with Crippen molar-refractivity contribution >= 4 is 7.14 Å². The van der Waals surface area contributed by atoms with E-state index in [1.165, 1.54) is 0 Å². The van der Waals surface area contributed by atoms with Gasteiger partial charge in [-0.05, 0) is 32.6 Å². The second-order valence-electron chi connectivity index (χ2n) is 3.69. The Hall–Kier alpha value is 0.190. The van der Waals surface area contributed by atoms with Crippen LogP contribution in [0.5, 0.6) is 0 Å². The molecule has 0 aliphatic carbocycles. The van der Waals surface area contributed by atoms with E-state index in [1.807, 2.05) is 27.7 Å². The molecule has 0 bridgehead atoms. The molecule has 0 aromatic carbocycles. The van der Waals surface area contributed by atoms with Crippen LogP contribution in [0.1, 0.15) is 34.1 Å². The minimum absolute atomic E-state index is 0.294. The summed E-state index contributed by atoms with van der Waals surface area (Å²) >= 11 is 0. The van der Waals surface area contributed by atoms with Gasteiger partial charge in [0, 0.05) is 12.8 Å². The van der Waals surface area contributed by atoms with Crippen molar-refractivity contribution in [2.45, 2.75) is 40.2 Å². The first kappa shape index (κ1) is 13.2. The van der Waals surface area contributed by atoms with Crippen molar-refractivity contribution in [1.82, 2.24) is 0 Å². The second-order valence-corrected chi connectivity index (χ2v) is 7.52. The van der Waals surface area contributed by atoms with Gasteiger partial charge in [-0.1, -0.05) is 13.8 Å². The molecule has 0 N–H and O–H groups in total. The number of hydrogen-bond acceptors (Lipinski definition) is 2. The fraction of sp³-hybridized carbons (Fsp3) is 1.00. The first-order valence-electron chi connectivity index (χ1n) is 5.22. The molecule has 0 saturated carbocycles. The zero-order valence-electron chi connectivity index (χ0n) is 9.38. The van der Waals surface area contributed by atoms with E-state index in [4.69, 9.17) is 4.74 Å². The number of hydrogen-bond donors (Lipinski definition) is 0. The Balaban J connectivity index is 3.56. The fourth-order valence-corrected chi connectivity index (χ4v) is 3.00. The van der Waals surface area contributed by atoms with Crippen LogP contribution in [0, 0.1) is 0 Å². The van der Waals surface area contributed by atoms with Crippen molar-refractivity contribution in [3.8, 4) is 0 Å². The SMILES string of the molecule is CCP(=O)(CC)CCCOC(C)C. The molecule has 0 amide bonds. The van der Waals surface area contributed by atoms with E-state index in [-0.39, 0.29) is 0 Å². The topological polar surface area (TPSA) is 26.3 Å². The van der Waals surface area contributed by atoms with Gasteiger partial charge < -0.3 is 9.30 Å². The van der Waals surface area contributed by atoms with Crippen LogP contribution >= 0.6 is 7.14 Å². The predicted molar refractivity (Wildman–Crippen MR) is 59.3 cm³/mol. The lowest BCUT2D eigenvalue weighted by Gasteiger charge is -2.14. The quantitative estimate of drug-likeness (QED) is 0.472. The molecule has 0 aromatic heterocycles. The van der Waals surface area contributed by atoms with Crippen molar-refractivity contribution in [3.05, 3.63) is 0 Å². The molecule has 0 aromatic rings. The van der Waals surface area contributed by atoms with E-state index in [0.29, 0.717) is 6.10 Å². The molecule has 0 fully saturated rings. The molecule has 2 nitrogen and oxygen atoms in total. The summed E-state index contributed by atoms with van der Waals surface area (Å²) in [5.41, 5.74) is 0. The smallest absolute Gasteiger partial charge is 0.0873 e. The zero-order valence-corrected chi connectivity index (χ0v) is 10.3. The van der Waals surface area contributed by atoms with Crippen LogP contribution in [-0.4, -0.2) is 31.2 Å². The highest BCUT2D eigenvalue weighted by Crippen LogP contribution is 2.44. The Kier molecular flexibility index (Phi) is 6.71. The lowest BCUT2D eigenvalue weighted by Crippen LogP contribution is -2.06. The lowest BCUT2D eigenvalue weighted by atomic mass is 10.4. The highest BCUT2D eigenvalue weighted by molar-refractivity contribution is 7.63. The van der Waals surface area contributed by atoms with Gasteiger partial charge in [0.05, 0.1) is 13.2 Å². The molecule has 0 aliphatic heterocycles. The highest BCUT2D eigenvalue weighted by atomic mass is 31.2. The van der Waals surface area contributed by atoms with Gasteiger partial charge in [-0.3, -0.25) is 0 Å². The van der Waals surface area contributed by atoms with E-state index in [0.717, 1.165) is 31.5 Å². The van der Waals surface area contributed by atoms with E-state index in [1.54, 1.807) is 0 Å². The van der Waals surface area contributed by atoms with Crippen LogP contribution in [0.4, 0.5) is 0 Å². The maximum atomic E-state index is 11.9. The van der Waals surface area contributed by atoms with E-state index in [2.05, 4.69) is 0 Å². The summed E-state index contributed by atoms with van der Waals surface area (Å²) in [4.78, 5) is 0. The van der Waals surface area contributed by atoms with Crippen molar-refractivity contribution < 1.29 is 9.30 Å². The molecule has 80 valence electrons. The van der Waals surface area contributed by atoms with E-state index >= 15 is 0 Å². The average Bonchev–Trinajstić information content (AvgIpc) is 2.12. The molecule has 0 unspecified atom stereocenters. The lowest BCUT2D eigenvalue weighted by molar-refractivity contribution is 0.0797. The van der Waals surface area contributed by atoms with Crippen LogP contribution in [0.3, 0.4) is 0 Å². The van der Waals surface area contributed by atoms with Gasteiger partial charge in [0.25, 0.3) is 0 Å². The van der Waals surface area contributed by atoms with Crippen molar-refractivity contribution in [2.24, 2.45) is 0 Å². The normalized spacial score (nSPS) is 12.4. The highest BCUT2D eigenvalue weighted by Gasteiger charge is 2.15. The van der Waals surface area contributed by atoms with Gasteiger partial charge in [-0.2, -0.15) is 0 Å². The third-order valence-electron chi connectivity index (χ3n) is 2.31. The van der Waals surface area contributed by atoms with Crippen molar-refractivity contribution in [1.29, 1.82) is 0 Å². The molecule has 13 heavy (non-hydrogen) atoms. The van der Waals surface area contributed by atoms with Gasteiger partial charge in [-0.25, -0.2) is 0 Å². The minimum Gasteiger partial charge on any atom is -0.379 e. The van der Waals surface area contributed by atoms with Gasteiger partial charge in [0.2, 0.25) is 0 Å². The Labute approximate surface area is 82.4 Å². The molecule has 0 saturated heterocycles. The minimum atomic E-state index is -1.82. The van der Waals surface area contributed by atoms with Gasteiger partial charge in [-0.15, -0.1) is 0 Å². The van der Waals surface area contributed by atoms with E-state index in [9.17, 15) is 4.57 Å². The fourth-order valence-electron chi connectivity index (χ4n) is 1.21. The Morgan fingerprint density at radius 3 is 2.15 bits per heavy atom. The molecule has 0 atom stereocenters. The summed E-state index contributed by atoms with van der Waals surface area (Å²) < 4.78 is 17.3. The molecule has 0 heterocycles. The molecule has 0 radical (unpaired) electrons. The third kappa shape index (κ3) is 6.29. The summed E-state index contributed by atoms with van der Waals surface area (Å²) in [7, 11) is -1.82. The van der Waals surface area contributed by atoms with Gasteiger partial charge >= 0.3 is 0 Å². The summed E-state index contributed by atoms with van der Waals surface area (Å²) in [5.74, 6) is 0. The van der Waals surface area contributed by atoms with Crippen LogP contribution < -0.4 is 0 Å². The summed E-state index contributed by atoms with van der Waals surface area (Å²) in [6, 6.07) is 0. The largest absolute Gasteiger partial charge is 0.379 e. The maximum Gasteiger partial charge on any atom is 0.0873 e. The number of rotatable bonds is 7. The molecular weight excluding hydrogens is 183 g/mol. The zero-order chi connectivity index (χ0) is 10.3. The molecule has 3 heteroatoms. The van der Waals surface area contributed by atoms with Crippen molar-refractivity contribution in [3.63, 3.8) is 0 Å². The predicted octanol–water partition coefficient (Wildman–Crippen LogP) is 3.20. The number of ether oxygens (including phenoxy) is 1. The summed E-state index contributed by atoms with van der Waals surface area (Å²) in [5, 5.41) is 0. The average molecular weight is 206 g/mol.